The van der Waals surface area contributed by atoms with Crippen molar-refractivity contribution in [1.82, 2.24) is 0 Å². The van der Waals surface area contributed by atoms with E-state index in [1.165, 1.54) is 6.92 Å². The molecular formula is C11H19O9P. The zero-order valence-corrected chi connectivity index (χ0v) is 12.8. The lowest BCUT2D eigenvalue weighted by Gasteiger charge is -2.25. The second-order valence-electron chi connectivity index (χ2n) is 4.59. The van der Waals surface area contributed by atoms with Crippen LogP contribution in [0.3, 0.4) is 0 Å². The van der Waals surface area contributed by atoms with Crippen molar-refractivity contribution in [1.29, 1.82) is 0 Å². The van der Waals surface area contributed by atoms with Crippen molar-refractivity contribution in [3.05, 3.63) is 0 Å². The summed E-state index contributed by atoms with van der Waals surface area (Å²) in [4.78, 5) is 50.8. The van der Waals surface area contributed by atoms with Gasteiger partial charge in [0.2, 0.25) is 0 Å². The minimum absolute atomic E-state index is 0.322. The Hall–Kier alpha value is -1.44. The topological polar surface area (TPSA) is 147 Å². The standard InChI is InChI=1S/C11H19O9P/c1-6(11(14)15)10(20-8(3)13)4-9(19-7(2)12)5-21(16,17)18/h6,9-10H,4-5H2,1-3H3,(H,14,15)(H2,16,17,18)/t6-,9+,10+/m1/s1. The number of carboxylic acids is 1. The highest BCUT2D eigenvalue weighted by Gasteiger charge is 2.33. The molecule has 0 radical (unpaired) electrons. The third-order valence-electron chi connectivity index (χ3n) is 2.53. The molecule has 0 amide bonds. The Morgan fingerprint density at radius 1 is 1.10 bits per heavy atom. The van der Waals surface area contributed by atoms with E-state index >= 15 is 0 Å². The van der Waals surface area contributed by atoms with Crippen LogP contribution in [-0.2, 0) is 28.4 Å². The molecule has 21 heavy (non-hydrogen) atoms. The number of carbonyl (C=O) groups excluding carboxylic acids is 2. The number of hydrogen-bond donors (Lipinski definition) is 3. The summed E-state index contributed by atoms with van der Waals surface area (Å²) in [5, 5.41) is 8.94. The Bertz CT molecular complexity index is 441. The van der Waals surface area contributed by atoms with Gasteiger partial charge in [0.05, 0.1) is 12.1 Å². The zero-order valence-electron chi connectivity index (χ0n) is 11.9. The first kappa shape index (κ1) is 19.6. The van der Waals surface area contributed by atoms with Gasteiger partial charge in [0.25, 0.3) is 0 Å². The smallest absolute Gasteiger partial charge is 0.329 e. The summed E-state index contributed by atoms with van der Waals surface area (Å²) in [6, 6.07) is 0. The van der Waals surface area contributed by atoms with Gasteiger partial charge in [-0.2, -0.15) is 0 Å². The van der Waals surface area contributed by atoms with Crippen LogP contribution in [0.4, 0.5) is 0 Å². The van der Waals surface area contributed by atoms with E-state index in [4.69, 9.17) is 24.4 Å². The molecule has 3 atom stereocenters. The van der Waals surface area contributed by atoms with E-state index in [1.54, 1.807) is 0 Å². The van der Waals surface area contributed by atoms with Gasteiger partial charge in [-0.3, -0.25) is 18.9 Å². The van der Waals surface area contributed by atoms with Gasteiger partial charge in [-0.05, 0) is 6.92 Å². The van der Waals surface area contributed by atoms with Crippen molar-refractivity contribution in [3.63, 3.8) is 0 Å². The normalized spacial score (nSPS) is 15.7. The highest BCUT2D eigenvalue weighted by Crippen LogP contribution is 2.37. The summed E-state index contributed by atoms with van der Waals surface area (Å²) < 4.78 is 20.6. The number of rotatable bonds is 8. The monoisotopic (exact) mass is 326 g/mol. The molecule has 0 saturated heterocycles. The maximum absolute atomic E-state index is 11.0. The van der Waals surface area contributed by atoms with E-state index in [1.807, 2.05) is 0 Å². The molecule has 0 fully saturated rings. The highest BCUT2D eigenvalue weighted by atomic mass is 31.2. The SMILES string of the molecule is CC(=O)O[C@@H](C[C@H](OC(C)=O)[C@@H](C)C(=O)O)CP(=O)(O)O. The quantitative estimate of drug-likeness (QED) is 0.418. The lowest BCUT2D eigenvalue weighted by molar-refractivity contribution is -0.159. The summed E-state index contributed by atoms with van der Waals surface area (Å²) in [7, 11) is -4.49. The van der Waals surface area contributed by atoms with Crippen LogP contribution in [0.1, 0.15) is 27.2 Å². The van der Waals surface area contributed by atoms with Crippen molar-refractivity contribution in [2.45, 2.75) is 39.4 Å². The Kier molecular flexibility index (Phi) is 7.56. The van der Waals surface area contributed by atoms with Crippen LogP contribution in [0.5, 0.6) is 0 Å². The Morgan fingerprint density at radius 3 is 1.90 bits per heavy atom. The van der Waals surface area contributed by atoms with Crippen LogP contribution in [0.2, 0.25) is 0 Å². The van der Waals surface area contributed by atoms with Gasteiger partial charge < -0.3 is 24.4 Å². The fraction of sp³-hybridized carbons (Fsp3) is 0.727. The van der Waals surface area contributed by atoms with Crippen molar-refractivity contribution < 1.29 is 43.3 Å². The first-order chi connectivity index (χ1) is 9.42. The Morgan fingerprint density at radius 2 is 1.57 bits per heavy atom. The van der Waals surface area contributed by atoms with Gasteiger partial charge in [-0.15, -0.1) is 0 Å². The Labute approximate surface area is 121 Å². The molecule has 0 spiro atoms. The molecule has 0 saturated carbocycles. The van der Waals surface area contributed by atoms with Crippen molar-refractivity contribution in [3.8, 4) is 0 Å². The van der Waals surface area contributed by atoms with E-state index < -0.39 is 49.8 Å². The van der Waals surface area contributed by atoms with Gasteiger partial charge in [0.15, 0.2) is 0 Å². The molecule has 3 N–H and O–H groups in total. The maximum Gasteiger partial charge on any atom is 0.329 e. The molecular weight excluding hydrogens is 307 g/mol. The average molecular weight is 326 g/mol. The predicted octanol–water partition coefficient (Wildman–Crippen LogP) is 0.138. The second-order valence-corrected chi connectivity index (χ2v) is 6.28. The number of carbonyl (C=O) groups is 3. The molecule has 0 heterocycles. The summed E-state index contributed by atoms with van der Waals surface area (Å²) >= 11 is 0. The molecule has 9 nitrogen and oxygen atoms in total. The van der Waals surface area contributed by atoms with E-state index in [-0.39, 0.29) is 6.42 Å². The van der Waals surface area contributed by atoms with Crippen molar-refractivity contribution in [2.24, 2.45) is 5.92 Å². The molecule has 10 heteroatoms. The van der Waals surface area contributed by atoms with Crippen LogP contribution < -0.4 is 0 Å². The zero-order chi connectivity index (χ0) is 16.8. The lowest BCUT2D eigenvalue weighted by atomic mass is 9.99. The summed E-state index contributed by atoms with van der Waals surface area (Å²) in [6.45, 7) is 3.40. The molecule has 0 unspecified atom stereocenters. The van der Waals surface area contributed by atoms with E-state index in [9.17, 15) is 18.9 Å². The molecule has 0 aromatic rings. The van der Waals surface area contributed by atoms with Gasteiger partial charge >= 0.3 is 25.5 Å². The molecule has 0 aliphatic rings. The third kappa shape index (κ3) is 9.17. The van der Waals surface area contributed by atoms with Gasteiger partial charge in [-0.25, -0.2) is 0 Å². The maximum atomic E-state index is 11.0. The molecule has 0 aromatic carbocycles. The lowest BCUT2D eigenvalue weighted by Crippen LogP contribution is -2.35. The second kappa shape index (κ2) is 8.11. The van der Waals surface area contributed by atoms with Crippen LogP contribution in [0, 0.1) is 5.92 Å². The van der Waals surface area contributed by atoms with Crippen LogP contribution in [0.25, 0.3) is 0 Å². The fourth-order valence-corrected chi connectivity index (χ4v) is 2.40. The fourth-order valence-electron chi connectivity index (χ4n) is 1.65. The number of hydrogen-bond acceptors (Lipinski definition) is 6. The van der Waals surface area contributed by atoms with Crippen molar-refractivity contribution in [2.75, 3.05) is 6.16 Å². The molecule has 0 bridgehead atoms. The molecule has 0 aromatic heterocycles. The van der Waals surface area contributed by atoms with Crippen LogP contribution in [-0.4, -0.2) is 51.2 Å². The van der Waals surface area contributed by atoms with Gasteiger partial charge in [-0.1, -0.05) is 0 Å². The third-order valence-corrected chi connectivity index (χ3v) is 3.42. The van der Waals surface area contributed by atoms with E-state index in [0.717, 1.165) is 13.8 Å². The first-order valence-electron chi connectivity index (χ1n) is 6.04. The number of aliphatic carboxylic acids is 1. The minimum Gasteiger partial charge on any atom is -0.481 e. The molecule has 0 aliphatic heterocycles. The van der Waals surface area contributed by atoms with E-state index in [2.05, 4.69) is 0 Å². The summed E-state index contributed by atoms with van der Waals surface area (Å²) in [6.07, 6.45) is -3.53. The van der Waals surface area contributed by atoms with Gasteiger partial charge in [0, 0.05) is 20.3 Å². The molecule has 0 rings (SSSR count). The van der Waals surface area contributed by atoms with Crippen LogP contribution >= 0.6 is 7.60 Å². The van der Waals surface area contributed by atoms with E-state index in [0.29, 0.717) is 0 Å². The average Bonchev–Trinajstić information content (AvgIpc) is 2.22. The summed E-state index contributed by atoms with van der Waals surface area (Å²) in [5.41, 5.74) is 0. The van der Waals surface area contributed by atoms with Crippen LogP contribution in [0.15, 0.2) is 0 Å². The minimum atomic E-state index is -4.49. The first-order valence-corrected chi connectivity index (χ1v) is 7.84. The molecule has 122 valence electrons. The number of ether oxygens (including phenoxy) is 2. The Balaban J connectivity index is 5.08. The number of carboxylic acid groups (broad SMARTS) is 1. The molecule has 0 aliphatic carbocycles. The predicted molar refractivity (Wildman–Crippen MR) is 69.4 cm³/mol. The number of esters is 2. The summed E-state index contributed by atoms with van der Waals surface area (Å²) in [5.74, 6) is -3.90. The van der Waals surface area contributed by atoms with Gasteiger partial charge in [0.1, 0.15) is 12.2 Å². The van der Waals surface area contributed by atoms with Crippen molar-refractivity contribution >= 4 is 25.5 Å². The largest absolute Gasteiger partial charge is 0.481 e. The highest BCUT2D eigenvalue weighted by molar-refractivity contribution is 7.51.